The number of nitrogens with one attached hydrogen (secondary N) is 1. The highest BCUT2D eigenvalue weighted by atomic mass is 35.5. The summed E-state index contributed by atoms with van der Waals surface area (Å²) in [6.45, 7) is 0. The first-order valence-corrected chi connectivity index (χ1v) is 6.31. The van der Waals surface area contributed by atoms with E-state index < -0.39 is 5.97 Å². The van der Waals surface area contributed by atoms with Gasteiger partial charge in [0, 0.05) is 5.69 Å². The molecule has 2 rings (SSSR count). The van der Waals surface area contributed by atoms with Crippen LogP contribution in [0.4, 0.5) is 11.4 Å². The highest BCUT2D eigenvalue weighted by molar-refractivity contribution is 6.32. The van der Waals surface area contributed by atoms with Gasteiger partial charge in [-0.05, 0) is 30.3 Å². The van der Waals surface area contributed by atoms with Gasteiger partial charge in [0.15, 0.2) is 0 Å². The van der Waals surface area contributed by atoms with Gasteiger partial charge in [0.2, 0.25) is 0 Å². The number of methoxy groups -OCH3 is 2. The molecule has 0 heterocycles. The van der Waals surface area contributed by atoms with Gasteiger partial charge < -0.3 is 14.8 Å². The van der Waals surface area contributed by atoms with Crippen LogP contribution in [0.25, 0.3) is 0 Å². The number of anilines is 2. The van der Waals surface area contributed by atoms with Crippen LogP contribution in [-0.2, 0) is 4.74 Å². The summed E-state index contributed by atoms with van der Waals surface area (Å²) in [5.74, 6) is 0.200. The molecule has 2 aromatic rings. The van der Waals surface area contributed by atoms with Gasteiger partial charge in [-0.3, -0.25) is 0 Å². The van der Waals surface area contributed by atoms with Crippen molar-refractivity contribution >= 4 is 28.9 Å². The quantitative estimate of drug-likeness (QED) is 0.869. The summed E-state index contributed by atoms with van der Waals surface area (Å²) >= 11 is 6.07. The minimum atomic E-state index is -0.396. The van der Waals surface area contributed by atoms with Crippen molar-refractivity contribution in [1.29, 1.82) is 0 Å². The molecule has 0 fully saturated rings. The van der Waals surface area contributed by atoms with E-state index in [1.165, 1.54) is 7.11 Å². The Balaban J connectivity index is 2.30. The maximum absolute atomic E-state index is 11.7. The zero-order valence-corrected chi connectivity index (χ0v) is 11.9. The number of rotatable bonds is 4. The van der Waals surface area contributed by atoms with E-state index in [9.17, 15) is 4.79 Å². The van der Waals surface area contributed by atoms with E-state index in [1.54, 1.807) is 37.4 Å². The molecule has 0 bridgehead atoms. The van der Waals surface area contributed by atoms with E-state index in [0.29, 0.717) is 22.0 Å². The van der Waals surface area contributed by atoms with E-state index in [4.69, 9.17) is 21.1 Å². The van der Waals surface area contributed by atoms with Crippen LogP contribution < -0.4 is 10.1 Å². The summed E-state index contributed by atoms with van der Waals surface area (Å²) in [4.78, 5) is 11.7. The number of ether oxygens (including phenoxy) is 2. The zero-order valence-electron chi connectivity index (χ0n) is 11.1. The first-order valence-electron chi connectivity index (χ1n) is 5.93. The lowest BCUT2D eigenvalue weighted by atomic mass is 10.1. The Bertz CT molecular complexity index is 628. The molecular weight excluding hydrogens is 278 g/mol. The predicted molar refractivity (Wildman–Crippen MR) is 79.1 cm³/mol. The molecule has 0 saturated heterocycles. The monoisotopic (exact) mass is 291 g/mol. The number of carbonyl (C=O) groups is 1. The van der Waals surface area contributed by atoms with Crippen molar-refractivity contribution in [2.24, 2.45) is 0 Å². The predicted octanol–water partition coefficient (Wildman–Crippen LogP) is 3.88. The third-order valence-electron chi connectivity index (χ3n) is 2.76. The molecule has 4 nitrogen and oxygen atoms in total. The maximum Gasteiger partial charge on any atom is 0.339 e. The lowest BCUT2D eigenvalue weighted by Gasteiger charge is -2.12. The highest BCUT2D eigenvalue weighted by Crippen LogP contribution is 2.29. The highest BCUT2D eigenvalue weighted by Gasteiger charge is 2.11. The number of hydrogen-bond acceptors (Lipinski definition) is 4. The van der Waals surface area contributed by atoms with Crippen molar-refractivity contribution in [3.63, 3.8) is 0 Å². The van der Waals surface area contributed by atoms with Gasteiger partial charge >= 0.3 is 5.97 Å². The minimum absolute atomic E-state index is 0.396. The lowest BCUT2D eigenvalue weighted by molar-refractivity contribution is 0.0602. The molecule has 0 unspecified atom stereocenters. The number of esters is 1. The molecule has 0 atom stereocenters. The molecule has 0 amide bonds. The smallest absolute Gasteiger partial charge is 0.339 e. The van der Waals surface area contributed by atoms with Crippen LogP contribution >= 0.6 is 11.6 Å². The second-order valence-electron chi connectivity index (χ2n) is 4.01. The third kappa shape index (κ3) is 3.03. The fourth-order valence-corrected chi connectivity index (χ4v) is 2.04. The van der Waals surface area contributed by atoms with Gasteiger partial charge in [0.05, 0.1) is 30.5 Å². The van der Waals surface area contributed by atoms with Gasteiger partial charge in [-0.15, -0.1) is 0 Å². The fraction of sp³-hybridized carbons (Fsp3) is 0.133. The molecule has 104 valence electrons. The Labute approximate surface area is 122 Å². The topological polar surface area (TPSA) is 47.6 Å². The second-order valence-corrected chi connectivity index (χ2v) is 4.42. The van der Waals surface area contributed by atoms with Crippen LogP contribution in [0.15, 0.2) is 42.5 Å². The SMILES string of the molecule is COC(=O)c1ccccc1Nc1ccc(OC)c(Cl)c1. The molecular formula is C15H14ClNO3. The minimum Gasteiger partial charge on any atom is -0.495 e. The molecule has 1 N–H and O–H groups in total. The van der Waals surface area contributed by atoms with Crippen LogP contribution in [0.1, 0.15) is 10.4 Å². The van der Waals surface area contributed by atoms with Gasteiger partial charge in [-0.1, -0.05) is 23.7 Å². The number of benzene rings is 2. The van der Waals surface area contributed by atoms with Crippen molar-refractivity contribution < 1.29 is 14.3 Å². The van der Waals surface area contributed by atoms with Gasteiger partial charge in [0.25, 0.3) is 0 Å². The number of halogens is 1. The van der Waals surface area contributed by atoms with Gasteiger partial charge in [-0.2, -0.15) is 0 Å². The molecule has 0 aromatic heterocycles. The van der Waals surface area contributed by atoms with Crippen molar-refractivity contribution in [1.82, 2.24) is 0 Å². The Morgan fingerprint density at radius 3 is 2.55 bits per heavy atom. The molecule has 0 spiro atoms. The summed E-state index contributed by atoms with van der Waals surface area (Å²) in [6.07, 6.45) is 0. The van der Waals surface area contributed by atoms with E-state index in [-0.39, 0.29) is 0 Å². The van der Waals surface area contributed by atoms with Crippen molar-refractivity contribution in [3.8, 4) is 5.75 Å². The number of para-hydroxylation sites is 1. The summed E-state index contributed by atoms with van der Waals surface area (Å²) in [6, 6.07) is 12.4. The van der Waals surface area contributed by atoms with E-state index in [2.05, 4.69) is 5.32 Å². The molecule has 5 heteroatoms. The van der Waals surface area contributed by atoms with Gasteiger partial charge in [0.1, 0.15) is 5.75 Å². The van der Waals surface area contributed by atoms with Crippen LogP contribution in [0.5, 0.6) is 5.75 Å². The molecule has 0 radical (unpaired) electrons. The largest absolute Gasteiger partial charge is 0.495 e. The van der Waals surface area contributed by atoms with E-state index in [1.807, 2.05) is 12.1 Å². The average molecular weight is 292 g/mol. The average Bonchev–Trinajstić information content (AvgIpc) is 2.47. The zero-order chi connectivity index (χ0) is 14.5. The fourth-order valence-electron chi connectivity index (χ4n) is 1.78. The third-order valence-corrected chi connectivity index (χ3v) is 3.06. The molecule has 0 aliphatic carbocycles. The summed E-state index contributed by atoms with van der Waals surface area (Å²) < 4.78 is 9.85. The van der Waals surface area contributed by atoms with Crippen LogP contribution in [-0.4, -0.2) is 20.2 Å². The maximum atomic E-state index is 11.7. The summed E-state index contributed by atoms with van der Waals surface area (Å²) in [5, 5.41) is 3.63. The van der Waals surface area contributed by atoms with Crippen LogP contribution in [0.2, 0.25) is 5.02 Å². The van der Waals surface area contributed by atoms with Crippen LogP contribution in [0, 0.1) is 0 Å². The number of carbonyl (C=O) groups excluding carboxylic acids is 1. The Hall–Kier alpha value is -2.20. The van der Waals surface area contributed by atoms with Crippen LogP contribution in [0.3, 0.4) is 0 Å². The standard InChI is InChI=1S/C15H14ClNO3/c1-19-14-8-7-10(9-12(14)16)17-13-6-4-3-5-11(13)15(18)20-2/h3-9,17H,1-2H3. The number of hydrogen-bond donors (Lipinski definition) is 1. The second kappa shape index (κ2) is 6.30. The molecule has 20 heavy (non-hydrogen) atoms. The van der Waals surface area contributed by atoms with E-state index >= 15 is 0 Å². The van der Waals surface area contributed by atoms with Crippen molar-refractivity contribution in [2.75, 3.05) is 19.5 Å². The van der Waals surface area contributed by atoms with E-state index in [0.717, 1.165) is 5.69 Å². The first kappa shape index (κ1) is 14.2. The Morgan fingerprint density at radius 1 is 1.15 bits per heavy atom. The normalized spacial score (nSPS) is 9.95. The summed E-state index contributed by atoms with van der Waals surface area (Å²) in [7, 11) is 2.91. The summed E-state index contributed by atoms with van der Waals surface area (Å²) in [5.41, 5.74) is 1.87. The Morgan fingerprint density at radius 2 is 1.90 bits per heavy atom. The first-order chi connectivity index (χ1) is 9.65. The molecule has 2 aromatic carbocycles. The van der Waals surface area contributed by atoms with Crippen molar-refractivity contribution in [3.05, 3.63) is 53.1 Å². The molecule has 0 saturated carbocycles. The van der Waals surface area contributed by atoms with Gasteiger partial charge in [-0.25, -0.2) is 4.79 Å². The molecule has 0 aliphatic rings. The molecule has 0 aliphatic heterocycles. The lowest BCUT2D eigenvalue weighted by Crippen LogP contribution is -2.05. The Kier molecular flexibility index (Phi) is 4.48. The van der Waals surface area contributed by atoms with Crippen molar-refractivity contribution in [2.45, 2.75) is 0 Å².